The largest absolute Gasteiger partial charge is 0.545 e. The predicted molar refractivity (Wildman–Crippen MR) is 91.3 cm³/mol. The number of nitrogens with zero attached hydrogens (tertiary/aromatic N) is 1. The topological polar surface area (TPSA) is 95.3 Å². The van der Waals surface area contributed by atoms with Gasteiger partial charge in [-0.3, -0.25) is 10.1 Å². The van der Waals surface area contributed by atoms with Gasteiger partial charge in [-0.15, -0.1) is 0 Å². The molecule has 4 atom stereocenters. The highest BCUT2D eigenvalue weighted by Gasteiger charge is 2.44. The van der Waals surface area contributed by atoms with Crippen molar-refractivity contribution in [3.05, 3.63) is 57.7 Å². The zero-order valence-corrected chi connectivity index (χ0v) is 13.7. The summed E-state index contributed by atoms with van der Waals surface area (Å²) >= 11 is 0. The summed E-state index contributed by atoms with van der Waals surface area (Å²) in [7, 11) is 0. The molecule has 0 unspecified atom stereocenters. The minimum atomic E-state index is -1.30. The van der Waals surface area contributed by atoms with E-state index in [0.29, 0.717) is 17.2 Å². The maximum Gasteiger partial charge on any atom is 0.275 e. The Morgan fingerprint density at radius 3 is 2.72 bits per heavy atom. The lowest BCUT2D eigenvalue weighted by Crippen LogP contribution is -2.43. The van der Waals surface area contributed by atoms with Gasteiger partial charge in [0.2, 0.25) is 0 Å². The molecule has 0 bridgehead atoms. The fraction of sp³-hybridized carbons (Fsp3) is 0.421. The molecule has 1 N–H and O–H groups in total. The number of carbonyl (C=O) groups is 1. The lowest BCUT2D eigenvalue weighted by Gasteiger charge is -2.42. The van der Waals surface area contributed by atoms with E-state index in [0.717, 1.165) is 25.7 Å². The molecule has 2 aliphatic carbocycles. The molecule has 0 aromatic heterocycles. The molecule has 4 rings (SSSR count). The summed E-state index contributed by atoms with van der Waals surface area (Å²) in [5, 5.41) is 26.5. The number of hydrogen-bond donors (Lipinski definition) is 1. The van der Waals surface area contributed by atoms with E-state index in [1.807, 2.05) is 6.08 Å². The van der Waals surface area contributed by atoms with Crippen molar-refractivity contribution >= 4 is 17.3 Å². The molecule has 1 aromatic carbocycles. The van der Waals surface area contributed by atoms with Crippen LogP contribution >= 0.6 is 0 Å². The predicted octanol–water partition coefficient (Wildman–Crippen LogP) is 2.77. The third kappa shape index (κ3) is 2.52. The third-order valence-electron chi connectivity index (χ3n) is 5.78. The Labute approximate surface area is 145 Å². The van der Waals surface area contributed by atoms with Gasteiger partial charge in [-0.25, -0.2) is 0 Å². The van der Waals surface area contributed by atoms with Gasteiger partial charge in [0.05, 0.1) is 22.1 Å². The first-order valence-electron chi connectivity index (χ1n) is 8.68. The van der Waals surface area contributed by atoms with E-state index in [1.165, 1.54) is 12.1 Å². The van der Waals surface area contributed by atoms with Crippen LogP contribution in [0.2, 0.25) is 0 Å². The van der Waals surface area contributed by atoms with Crippen LogP contribution in [0.5, 0.6) is 0 Å². The number of aromatic carboxylic acids is 1. The molecule has 0 amide bonds. The molecule has 1 aromatic rings. The maximum atomic E-state index is 11.6. The zero-order valence-electron chi connectivity index (χ0n) is 13.7. The molecular formula is C19H19N2O4-. The van der Waals surface area contributed by atoms with Crippen molar-refractivity contribution in [3.63, 3.8) is 0 Å². The molecule has 0 fully saturated rings. The summed E-state index contributed by atoms with van der Waals surface area (Å²) in [5.74, 6) is -0.799. The Kier molecular flexibility index (Phi) is 3.82. The van der Waals surface area contributed by atoms with Crippen LogP contribution in [-0.2, 0) is 0 Å². The minimum absolute atomic E-state index is 0.00991. The third-order valence-corrected chi connectivity index (χ3v) is 5.78. The average Bonchev–Trinajstić information content (AvgIpc) is 3.10. The fourth-order valence-electron chi connectivity index (χ4n) is 4.67. The molecule has 130 valence electrons. The Morgan fingerprint density at radius 1 is 1.20 bits per heavy atom. The average molecular weight is 339 g/mol. The smallest absolute Gasteiger partial charge is 0.275 e. The number of carboxylic acid groups (broad SMARTS) is 1. The quantitative estimate of drug-likeness (QED) is 0.519. The van der Waals surface area contributed by atoms with Gasteiger partial charge < -0.3 is 15.2 Å². The Hall–Kier alpha value is -2.63. The van der Waals surface area contributed by atoms with Crippen molar-refractivity contribution in [1.29, 1.82) is 0 Å². The van der Waals surface area contributed by atoms with Crippen LogP contribution in [0.25, 0.3) is 0 Å². The van der Waals surface area contributed by atoms with E-state index in [-0.39, 0.29) is 29.1 Å². The normalized spacial score (nSPS) is 29.6. The van der Waals surface area contributed by atoms with E-state index >= 15 is 0 Å². The van der Waals surface area contributed by atoms with E-state index in [1.54, 1.807) is 0 Å². The Bertz CT molecular complexity index is 799. The van der Waals surface area contributed by atoms with Crippen molar-refractivity contribution in [2.24, 2.45) is 11.8 Å². The fourth-order valence-corrected chi connectivity index (χ4v) is 4.67. The number of nitro benzene ring substituents is 1. The lowest BCUT2D eigenvalue weighted by atomic mass is 9.71. The molecule has 0 saturated carbocycles. The van der Waals surface area contributed by atoms with Crippen LogP contribution in [0.15, 0.2) is 36.4 Å². The van der Waals surface area contributed by atoms with Crippen LogP contribution in [0.1, 0.15) is 47.5 Å². The SMILES string of the molecule is O=C([O-])c1ccc([N+](=O)[O-])c2c1N[C@H]([C@H]1CC=CCC1)[C@H]1CC=C[C@H]21. The Morgan fingerprint density at radius 2 is 2.04 bits per heavy atom. The molecular weight excluding hydrogens is 320 g/mol. The number of carbonyl (C=O) groups excluding carboxylic acids is 1. The number of allylic oxidation sites excluding steroid dienone is 4. The van der Waals surface area contributed by atoms with Crippen LogP contribution < -0.4 is 10.4 Å². The van der Waals surface area contributed by atoms with E-state index in [4.69, 9.17) is 0 Å². The molecule has 25 heavy (non-hydrogen) atoms. The minimum Gasteiger partial charge on any atom is -0.545 e. The molecule has 1 aliphatic heterocycles. The number of carboxylic acids is 1. The summed E-state index contributed by atoms with van der Waals surface area (Å²) in [5.41, 5.74) is 0.862. The summed E-state index contributed by atoms with van der Waals surface area (Å²) < 4.78 is 0. The number of nitro groups is 1. The van der Waals surface area contributed by atoms with Gasteiger partial charge in [-0.05, 0) is 43.6 Å². The lowest BCUT2D eigenvalue weighted by molar-refractivity contribution is -0.385. The van der Waals surface area contributed by atoms with Crippen LogP contribution in [0.4, 0.5) is 11.4 Å². The number of hydrogen-bond acceptors (Lipinski definition) is 5. The molecule has 3 aliphatic rings. The second-order valence-electron chi connectivity index (χ2n) is 7.03. The Balaban J connectivity index is 1.85. The molecule has 1 heterocycles. The molecule has 0 radical (unpaired) electrons. The van der Waals surface area contributed by atoms with Crippen molar-refractivity contribution < 1.29 is 14.8 Å². The summed E-state index contributed by atoms with van der Waals surface area (Å²) in [4.78, 5) is 22.7. The van der Waals surface area contributed by atoms with E-state index in [9.17, 15) is 20.0 Å². The van der Waals surface area contributed by atoms with Crippen LogP contribution in [-0.4, -0.2) is 16.9 Å². The second-order valence-corrected chi connectivity index (χ2v) is 7.03. The van der Waals surface area contributed by atoms with E-state index < -0.39 is 10.9 Å². The number of fused-ring (bicyclic) bond motifs is 3. The first-order chi connectivity index (χ1) is 12.1. The van der Waals surface area contributed by atoms with Crippen molar-refractivity contribution in [3.8, 4) is 0 Å². The summed E-state index contributed by atoms with van der Waals surface area (Å²) in [6.07, 6.45) is 12.3. The highest BCUT2D eigenvalue weighted by Crippen LogP contribution is 2.51. The number of benzene rings is 1. The molecule has 0 spiro atoms. The second kappa shape index (κ2) is 6.02. The summed E-state index contributed by atoms with van der Waals surface area (Å²) in [6, 6.07) is 2.69. The van der Waals surface area contributed by atoms with Crippen LogP contribution in [0.3, 0.4) is 0 Å². The first kappa shape index (κ1) is 15.9. The summed E-state index contributed by atoms with van der Waals surface area (Å²) in [6.45, 7) is 0. The molecule has 6 nitrogen and oxygen atoms in total. The van der Waals surface area contributed by atoms with Gasteiger partial charge in [0.1, 0.15) is 0 Å². The number of anilines is 1. The van der Waals surface area contributed by atoms with Gasteiger partial charge in [-0.1, -0.05) is 24.3 Å². The molecule has 6 heteroatoms. The number of rotatable bonds is 3. The highest BCUT2D eigenvalue weighted by atomic mass is 16.6. The van der Waals surface area contributed by atoms with Gasteiger partial charge in [0.25, 0.3) is 5.69 Å². The van der Waals surface area contributed by atoms with Gasteiger partial charge >= 0.3 is 0 Å². The first-order valence-corrected chi connectivity index (χ1v) is 8.68. The van der Waals surface area contributed by atoms with Crippen molar-refractivity contribution in [1.82, 2.24) is 0 Å². The van der Waals surface area contributed by atoms with Crippen molar-refractivity contribution in [2.75, 3.05) is 5.32 Å². The standard InChI is InChI=1S/C19H20N2O4/c22-19(23)14-9-10-15(21(24)25)16-12-7-4-8-13(12)17(20-18(14)16)11-5-2-1-3-6-11/h1-2,4,7,9-13,17,20H,3,5-6,8H2,(H,22,23)/p-1/t11-,12-,13-,17+/m0/s1. The van der Waals surface area contributed by atoms with Gasteiger partial charge in [0.15, 0.2) is 0 Å². The monoisotopic (exact) mass is 339 g/mol. The van der Waals surface area contributed by atoms with Gasteiger partial charge in [-0.2, -0.15) is 0 Å². The van der Waals surface area contributed by atoms with Gasteiger partial charge in [0, 0.05) is 23.6 Å². The zero-order chi connectivity index (χ0) is 17.6. The number of nitrogens with one attached hydrogen (secondary N) is 1. The van der Waals surface area contributed by atoms with Crippen molar-refractivity contribution in [2.45, 2.75) is 37.6 Å². The highest BCUT2D eigenvalue weighted by molar-refractivity contribution is 5.95. The van der Waals surface area contributed by atoms with E-state index in [2.05, 4.69) is 23.5 Å². The van der Waals surface area contributed by atoms with Crippen LogP contribution in [0, 0.1) is 22.0 Å². The maximum absolute atomic E-state index is 11.6. The molecule has 0 saturated heterocycles.